The summed E-state index contributed by atoms with van der Waals surface area (Å²) >= 11 is 0. The second-order valence-corrected chi connectivity index (χ2v) is 5.90. The van der Waals surface area contributed by atoms with Gasteiger partial charge >= 0.3 is 0 Å². The van der Waals surface area contributed by atoms with Crippen LogP contribution in [0.4, 0.5) is 0 Å². The summed E-state index contributed by atoms with van der Waals surface area (Å²) in [7, 11) is 0. The maximum atomic E-state index is 5.24. The third kappa shape index (κ3) is 3.63. The molecule has 2 heteroatoms. The largest absolute Gasteiger partial charge is 0.380 e. The average molecular weight is 293 g/mol. The van der Waals surface area contributed by atoms with Crippen LogP contribution in [0, 0.1) is 5.92 Å². The van der Waals surface area contributed by atoms with Gasteiger partial charge in [0.1, 0.15) is 0 Å². The molecule has 2 aromatic rings. The van der Waals surface area contributed by atoms with Gasteiger partial charge in [0.15, 0.2) is 0 Å². The molecular formula is C20H23NO. The Morgan fingerprint density at radius 1 is 1.09 bits per heavy atom. The molecule has 2 aromatic carbocycles. The molecule has 0 bridgehead atoms. The predicted molar refractivity (Wildman–Crippen MR) is 91.5 cm³/mol. The third-order valence-corrected chi connectivity index (χ3v) is 4.03. The standard InChI is InChI=1S/C20H23NO/c1-2-7-16-8-6-11-19(12-16)20(18-9-4-3-5-10-18)21-13-17-14-22-15-17/h3-6,8-13,17,20H,2,7,14-15H2,1H3/b21-13+. The van der Waals surface area contributed by atoms with Crippen LogP contribution in [-0.2, 0) is 11.2 Å². The lowest BCUT2D eigenvalue weighted by Gasteiger charge is -2.23. The van der Waals surface area contributed by atoms with Crippen LogP contribution in [0.1, 0.15) is 36.1 Å². The fourth-order valence-electron chi connectivity index (χ4n) is 2.76. The minimum atomic E-state index is 0.0820. The molecule has 2 nitrogen and oxygen atoms in total. The molecule has 1 unspecified atom stereocenters. The highest BCUT2D eigenvalue weighted by Gasteiger charge is 2.18. The van der Waals surface area contributed by atoms with Crippen molar-refractivity contribution in [1.29, 1.82) is 0 Å². The van der Waals surface area contributed by atoms with E-state index in [4.69, 9.17) is 9.73 Å². The van der Waals surface area contributed by atoms with Crippen LogP contribution in [-0.4, -0.2) is 19.4 Å². The molecule has 0 aromatic heterocycles. The normalized spacial score (nSPS) is 16.6. The molecule has 1 fully saturated rings. The van der Waals surface area contributed by atoms with Crippen molar-refractivity contribution in [1.82, 2.24) is 0 Å². The molecule has 1 aliphatic heterocycles. The van der Waals surface area contributed by atoms with E-state index in [9.17, 15) is 0 Å². The number of hydrogen-bond acceptors (Lipinski definition) is 2. The Morgan fingerprint density at radius 2 is 1.86 bits per heavy atom. The van der Waals surface area contributed by atoms with E-state index in [1.54, 1.807) is 0 Å². The SMILES string of the molecule is CCCc1cccc(C(/N=C/C2COC2)c2ccccc2)c1. The predicted octanol–water partition coefficient (Wildman–Crippen LogP) is 4.45. The monoisotopic (exact) mass is 293 g/mol. The van der Waals surface area contributed by atoms with E-state index in [0.717, 1.165) is 19.6 Å². The third-order valence-electron chi connectivity index (χ3n) is 4.03. The van der Waals surface area contributed by atoms with Crippen LogP contribution in [0.25, 0.3) is 0 Å². The van der Waals surface area contributed by atoms with Gasteiger partial charge in [-0.3, -0.25) is 4.99 Å². The van der Waals surface area contributed by atoms with E-state index in [1.165, 1.54) is 23.1 Å². The molecule has 0 radical (unpaired) electrons. The van der Waals surface area contributed by atoms with E-state index in [2.05, 4.69) is 67.7 Å². The van der Waals surface area contributed by atoms with Crippen molar-refractivity contribution in [3.63, 3.8) is 0 Å². The molecule has 0 saturated carbocycles. The summed E-state index contributed by atoms with van der Waals surface area (Å²) in [6.07, 6.45) is 4.37. The lowest BCUT2D eigenvalue weighted by molar-refractivity contribution is 0.00397. The number of ether oxygens (including phenoxy) is 1. The smallest absolute Gasteiger partial charge is 0.0995 e. The van der Waals surface area contributed by atoms with Crippen molar-refractivity contribution in [3.8, 4) is 0 Å². The van der Waals surface area contributed by atoms with Gasteiger partial charge in [-0.15, -0.1) is 0 Å². The summed E-state index contributed by atoms with van der Waals surface area (Å²) in [5.74, 6) is 0.477. The zero-order chi connectivity index (χ0) is 15.2. The Labute approximate surface area is 132 Å². The first-order valence-corrected chi connectivity index (χ1v) is 8.11. The number of aliphatic imine (C=N–C) groups is 1. The van der Waals surface area contributed by atoms with Crippen LogP contribution >= 0.6 is 0 Å². The molecule has 22 heavy (non-hydrogen) atoms. The molecule has 1 heterocycles. The molecule has 0 aliphatic carbocycles. The zero-order valence-electron chi connectivity index (χ0n) is 13.1. The first-order valence-electron chi connectivity index (χ1n) is 8.11. The van der Waals surface area contributed by atoms with Gasteiger partial charge in [0.05, 0.1) is 19.3 Å². The molecule has 3 rings (SSSR count). The van der Waals surface area contributed by atoms with Gasteiger partial charge in [-0.2, -0.15) is 0 Å². The van der Waals surface area contributed by atoms with Gasteiger partial charge in [-0.25, -0.2) is 0 Å². The van der Waals surface area contributed by atoms with Crippen LogP contribution in [0.2, 0.25) is 0 Å². The van der Waals surface area contributed by atoms with E-state index in [1.807, 2.05) is 0 Å². The van der Waals surface area contributed by atoms with E-state index >= 15 is 0 Å². The van der Waals surface area contributed by atoms with Crippen molar-refractivity contribution < 1.29 is 4.74 Å². The minimum Gasteiger partial charge on any atom is -0.380 e. The van der Waals surface area contributed by atoms with Crippen LogP contribution in [0.5, 0.6) is 0 Å². The van der Waals surface area contributed by atoms with Crippen molar-refractivity contribution in [2.45, 2.75) is 25.8 Å². The Balaban J connectivity index is 1.90. The van der Waals surface area contributed by atoms with E-state index < -0.39 is 0 Å². The van der Waals surface area contributed by atoms with Crippen molar-refractivity contribution in [2.75, 3.05) is 13.2 Å². The molecule has 1 aliphatic rings. The van der Waals surface area contributed by atoms with Gasteiger partial charge in [0, 0.05) is 12.1 Å². The summed E-state index contributed by atoms with van der Waals surface area (Å²) in [5.41, 5.74) is 3.91. The topological polar surface area (TPSA) is 21.6 Å². The van der Waals surface area contributed by atoms with Gasteiger partial charge < -0.3 is 4.74 Å². The lowest BCUT2D eigenvalue weighted by atomic mass is 9.96. The van der Waals surface area contributed by atoms with Gasteiger partial charge in [0.2, 0.25) is 0 Å². The fourth-order valence-corrected chi connectivity index (χ4v) is 2.76. The Bertz CT molecular complexity index is 617. The lowest BCUT2D eigenvalue weighted by Crippen LogP contribution is -2.28. The summed E-state index contributed by atoms with van der Waals surface area (Å²) in [4.78, 5) is 4.88. The zero-order valence-corrected chi connectivity index (χ0v) is 13.1. The highest BCUT2D eigenvalue weighted by Crippen LogP contribution is 2.27. The van der Waals surface area contributed by atoms with Gasteiger partial charge in [-0.05, 0) is 23.1 Å². The van der Waals surface area contributed by atoms with Crippen molar-refractivity contribution >= 4 is 6.21 Å². The number of rotatable bonds is 6. The number of hydrogen-bond donors (Lipinski definition) is 0. The highest BCUT2D eigenvalue weighted by atomic mass is 16.5. The summed E-state index contributed by atoms with van der Waals surface area (Å²) in [6.45, 7) is 3.83. The molecule has 0 N–H and O–H groups in total. The maximum absolute atomic E-state index is 5.24. The quantitative estimate of drug-likeness (QED) is 0.721. The number of nitrogens with zero attached hydrogens (tertiary/aromatic N) is 1. The van der Waals surface area contributed by atoms with Gasteiger partial charge in [0.25, 0.3) is 0 Å². The molecule has 0 spiro atoms. The highest BCUT2D eigenvalue weighted by molar-refractivity contribution is 5.63. The Morgan fingerprint density at radius 3 is 2.55 bits per heavy atom. The van der Waals surface area contributed by atoms with Crippen molar-refractivity contribution in [2.24, 2.45) is 10.9 Å². The second-order valence-electron chi connectivity index (χ2n) is 5.90. The van der Waals surface area contributed by atoms with E-state index in [-0.39, 0.29) is 6.04 Å². The molecule has 1 atom stereocenters. The summed E-state index contributed by atoms with van der Waals surface area (Å²) in [5, 5.41) is 0. The summed E-state index contributed by atoms with van der Waals surface area (Å²) in [6, 6.07) is 19.5. The number of aryl methyl sites for hydroxylation is 1. The van der Waals surface area contributed by atoms with Crippen LogP contribution in [0.15, 0.2) is 59.6 Å². The molecule has 114 valence electrons. The van der Waals surface area contributed by atoms with E-state index in [0.29, 0.717) is 5.92 Å². The molecule has 0 amide bonds. The van der Waals surface area contributed by atoms with Gasteiger partial charge in [-0.1, -0.05) is 67.9 Å². The fraction of sp³-hybridized carbons (Fsp3) is 0.350. The summed E-state index contributed by atoms with van der Waals surface area (Å²) < 4.78 is 5.24. The second kappa shape index (κ2) is 7.37. The van der Waals surface area contributed by atoms with Crippen molar-refractivity contribution in [3.05, 3.63) is 71.3 Å². The first kappa shape index (κ1) is 15.0. The Hall–Kier alpha value is -1.93. The maximum Gasteiger partial charge on any atom is 0.0995 e. The minimum absolute atomic E-state index is 0.0820. The number of benzene rings is 2. The molecular weight excluding hydrogens is 270 g/mol. The molecule has 1 saturated heterocycles. The van der Waals surface area contributed by atoms with Crippen LogP contribution in [0.3, 0.4) is 0 Å². The Kier molecular flexibility index (Phi) is 5.02. The first-order chi connectivity index (χ1) is 10.9. The van der Waals surface area contributed by atoms with Crippen LogP contribution < -0.4 is 0 Å². The average Bonchev–Trinajstić information content (AvgIpc) is 2.51.